The normalized spacial score (nSPS) is 13.0. The molecular formula is C27H28Cl3N7O14S5. The van der Waals surface area contributed by atoms with Gasteiger partial charge in [0.2, 0.25) is 17.2 Å². The summed E-state index contributed by atoms with van der Waals surface area (Å²) in [6.07, 6.45) is 0. The molecule has 0 aliphatic heterocycles. The van der Waals surface area contributed by atoms with E-state index in [0.717, 1.165) is 41.3 Å². The van der Waals surface area contributed by atoms with E-state index in [0.29, 0.717) is 6.07 Å². The number of rotatable bonds is 18. The lowest BCUT2D eigenvalue weighted by Crippen LogP contribution is -2.36. The third-order valence-corrected chi connectivity index (χ3v) is 14.2. The number of fused-ring (bicyclic) bond motifs is 1. The zero-order valence-corrected chi connectivity index (χ0v) is 34.3. The number of sulfone groups is 2. The van der Waals surface area contributed by atoms with Crippen molar-refractivity contribution < 1.29 is 60.9 Å². The van der Waals surface area contributed by atoms with Crippen LogP contribution < -0.4 is 10.2 Å². The predicted molar refractivity (Wildman–Crippen MR) is 205 cm³/mol. The first-order chi connectivity index (χ1) is 25.8. The van der Waals surface area contributed by atoms with Crippen molar-refractivity contribution in [2.24, 2.45) is 10.2 Å². The Kier molecular flexibility index (Phi) is 14.1. The van der Waals surface area contributed by atoms with Gasteiger partial charge in [0.1, 0.15) is 10.6 Å². The minimum atomic E-state index is -5.27. The van der Waals surface area contributed by atoms with Crippen LogP contribution in [0.15, 0.2) is 67.4 Å². The van der Waals surface area contributed by atoms with Gasteiger partial charge in [0, 0.05) is 30.2 Å². The lowest BCUT2D eigenvalue weighted by Gasteiger charge is -2.23. The van der Waals surface area contributed by atoms with Crippen LogP contribution in [-0.2, 0) is 50.0 Å². The van der Waals surface area contributed by atoms with Crippen LogP contribution in [0.4, 0.5) is 29.0 Å². The molecule has 5 N–H and O–H groups in total. The first kappa shape index (κ1) is 45.1. The molecule has 4 aromatic rings. The van der Waals surface area contributed by atoms with Crippen LogP contribution in [-0.4, -0.2) is 124 Å². The Morgan fingerprint density at radius 1 is 0.679 bits per heavy atom. The SMILES string of the molecule is O=S(=O)(CCCl)CCN(CCS(=O)(=O)CCCl)c1nc(Cl)nc(Nc2cc(S(=O)(=O)O)cc3cc(S(=O)(=O)O)c(N=Nc4ccc(S(=O)(=O)O)cc4)c(O)c23)n1. The molecule has 306 valence electrons. The molecule has 0 fully saturated rings. The van der Waals surface area contributed by atoms with Gasteiger partial charge >= 0.3 is 0 Å². The van der Waals surface area contributed by atoms with Gasteiger partial charge in [0.15, 0.2) is 25.4 Å². The summed E-state index contributed by atoms with van der Waals surface area (Å²) in [7, 11) is -22.4. The van der Waals surface area contributed by atoms with Gasteiger partial charge in [0.25, 0.3) is 30.4 Å². The van der Waals surface area contributed by atoms with E-state index in [1.807, 2.05) is 0 Å². The fourth-order valence-corrected chi connectivity index (χ4v) is 9.82. The van der Waals surface area contributed by atoms with Crippen LogP contribution in [0.2, 0.25) is 5.28 Å². The molecule has 3 aromatic carbocycles. The lowest BCUT2D eigenvalue weighted by molar-refractivity contribution is 0.472. The molecule has 0 amide bonds. The van der Waals surface area contributed by atoms with Gasteiger partial charge in [-0.15, -0.1) is 28.3 Å². The molecule has 0 unspecified atom stereocenters. The van der Waals surface area contributed by atoms with Crippen molar-refractivity contribution in [3.8, 4) is 5.75 Å². The summed E-state index contributed by atoms with van der Waals surface area (Å²) in [6.45, 7) is -0.745. The van der Waals surface area contributed by atoms with E-state index in [2.05, 4.69) is 30.5 Å². The number of aromatic hydroxyl groups is 1. The van der Waals surface area contributed by atoms with Crippen LogP contribution in [0.5, 0.6) is 5.75 Å². The Morgan fingerprint density at radius 3 is 1.73 bits per heavy atom. The largest absolute Gasteiger partial charge is 0.505 e. The zero-order valence-electron chi connectivity index (χ0n) is 27.9. The second-order valence-electron chi connectivity index (χ2n) is 11.3. The molecule has 1 heterocycles. The monoisotopic (exact) mass is 939 g/mol. The van der Waals surface area contributed by atoms with Crippen LogP contribution in [0.1, 0.15) is 0 Å². The van der Waals surface area contributed by atoms with Crippen molar-refractivity contribution in [1.82, 2.24) is 15.0 Å². The van der Waals surface area contributed by atoms with Crippen molar-refractivity contribution in [2.45, 2.75) is 14.7 Å². The van der Waals surface area contributed by atoms with E-state index in [-0.39, 0.29) is 36.5 Å². The highest BCUT2D eigenvalue weighted by atomic mass is 35.5. The van der Waals surface area contributed by atoms with Gasteiger partial charge < -0.3 is 15.3 Å². The minimum Gasteiger partial charge on any atom is -0.505 e. The van der Waals surface area contributed by atoms with Gasteiger partial charge in [-0.3, -0.25) is 13.7 Å². The molecule has 0 bridgehead atoms. The summed E-state index contributed by atoms with van der Waals surface area (Å²) in [5.74, 6) is -4.29. The third-order valence-electron chi connectivity index (χ3n) is 7.35. The Hall–Kier alpha value is -3.57. The van der Waals surface area contributed by atoms with Gasteiger partial charge in [0.05, 0.1) is 44.2 Å². The van der Waals surface area contributed by atoms with E-state index >= 15 is 0 Å². The molecule has 21 nitrogen and oxygen atoms in total. The highest BCUT2D eigenvalue weighted by molar-refractivity contribution is 7.91. The number of alkyl halides is 2. The molecule has 29 heteroatoms. The molecular weight excluding hydrogens is 913 g/mol. The van der Waals surface area contributed by atoms with E-state index in [9.17, 15) is 60.9 Å². The maximum absolute atomic E-state index is 12.5. The second kappa shape index (κ2) is 17.5. The number of aromatic nitrogens is 3. The van der Waals surface area contributed by atoms with E-state index in [1.54, 1.807) is 0 Å². The maximum atomic E-state index is 12.5. The second-order valence-corrected chi connectivity index (χ2v) is 21.2. The summed E-state index contributed by atoms with van der Waals surface area (Å²) in [4.78, 5) is 10.7. The molecule has 0 spiro atoms. The molecule has 0 radical (unpaired) electrons. The number of hydrogen-bond donors (Lipinski definition) is 5. The van der Waals surface area contributed by atoms with E-state index in [1.165, 1.54) is 0 Å². The number of halogens is 3. The van der Waals surface area contributed by atoms with Gasteiger partial charge in [-0.25, -0.2) is 16.8 Å². The van der Waals surface area contributed by atoms with Gasteiger partial charge in [-0.2, -0.15) is 45.3 Å². The highest BCUT2D eigenvalue weighted by Crippen LogP contribution is 2.45. The highest BCUT2D eigenvalue weighted by Gasteiger charge is 2.27. The number of hydrogen-bond acceptors (Lipinski definition) is 18. The summed E-state index contributed by atoms with van der Waals surface area (Å²) in [5.41, 5.74) is -1.53. The Bertz CT molecular complexity index is 2700. The zero-order chi connectivity index (χ0) is 41.9. The van der Waals surface area contributed by atoms with E-state index < -0.39 is 127 Å². The van der Waals surface area contributed by atoms with Crippen LogP contribution in [0, 0.1) is 0 Å². The topological polar surface area (TPSA) is 330 Å². The van der Waals surface area contributed by atoms with E-state index in [4.69, 9.17) is 34.8 Å². The van der Waals surface area contributed by atoms with Crippen molar-refractivity contribution in [3.63, 3.8) is 0 Å². The fourth-order valence-electron chi connectivity index (χ4n) is 4.70. The van der Waals surface area contributed by atoms with Crippen LogP contribution in [0.3, 0.4) is 0 Å². The van der Waals surface area contributed by atoms with Crippen molar-refractivity contribution >= 4 is 125 Å². The standard InChI is InChI=1S/C27H28Cl3N7O14S5/c28-5-9-52(39,40)11-7-37(8-12-53(41,42)10-6-29)27-33-25(30)32-26(34-27)31-20-15-19(55(46,47)48)13-16-14-21(56(49,50)51)23(24(38)22(16)20)36-35-17-1-3-18(4-2-17)54(43,44)45/h1-4,13-15,38H,5-12H2,(H,43,44,45)(H,46,47,48)(H,49,50,51)(H,31,32,33,34). The number of azo groups is 1. The number of benzene rings is 3. The summed E-state index contributed by atoms with van der Waals surface area (Å²) in [5, 5.41) is 20.0. The van der Waals surface area contributed by atoms with Gasteiger partial charge in [-0.05, 0) is 59.5 Å². The average molecular weight is 941 g/mol. The Labute approximate surface area is 334 Å². The molecule has 56 heavy (non-hydrogen) atoms. The Balaban J connectivity index is 1.90. The quantitative estimate of drug-likeness (QED) is 0.0542. The molecule has 4 rings (SSSR count). The first-order valence-corrected chi connectivity index (χ1v) is 24.5. The lowest BCUT2D eigenvalue weighted by atomic mass is 10.1. The van der Waals surface area contributed by atoms with Crippen molar-refractivity contribution in [1.29, 1.82) is 0 Å². The number of nitrogens with one attached hydrogen (secondary N) is 1. The molecule has 0 saturated heterocycles. The predicted octanol–water partition coefficient (Wildman–Crippen LogP) is 3.40. The number of phenolic OH excluding ortho intramolecular Hbond substituents is 1. The molecule has 1 aromatic heterocycles. The fraction of sp³-hybridized carbons (Fsp3) is 0.296. The van der Waals surface area contributed by atoms with Crippen molar-refractivity contribution in [2.75, 3.05) is 58.1 Å². The number of anilines is 3. The van der Waals surface area contributed by atoms with Crippen LogP contribution >= 0.6 is 34.8 Å². The van der Waals surface area contributed by atoms with Crippen LogP contribution in [0.25, 0.3) is 10.8 Å². The molecule has 0 aliphatic carbocycles. The summed E-state index contributed by atoms with van der Waals surface area (Å²) < 4.78 is 151. The van der Waals surface area contributed by atoms with Gasteiger partial charge in [-0.1, -0.05) is 0 Å². The summed E-state index contributed by atoms with van der Waals surface area (Å²) in [6, 6.07) is 6.13. The maximum Gasteiger partial charge on any atom is 0.296 e. The number of nitrogens with zero attached hydrogens (tertiary/aromatic N) is 6. The average Bonchev–Trinajstić information content (AvgIpc) is 3.06. The molecule has 0 saturated carbocycles. The first-order valence-electron chi connectivity index (χ1n) is 15.1. The Morgan fingerprint density at radius 2 is 1.23 bits per heavy atom. The van der Waals surface area contributed by atoms with Crippen molar-refractivity contribution in [3.05, 3.63) is 47.7 Å². The minimum absolute atomic E-state index is 0.138. The number of phenols is 1. The molecule has 0 atom stereocenters. The third kappa shape index (κ3) is 12.0. The molecule has 0 aliphatic rings. The summed E-state index contributed by atoms with van der Waals surface area (Å²) >= 11 is 17.4. The smallest absolute Gasteiger partial charge is 0.296 e.